The molecule has 0 spiro atoms. The molecule has 1 aliphatic heterocycles. The van der Waals surface area contributed by atoms with E-state index in [1.807, 2.05) is 0 Å². The zero-order valence-electron chi connectivity index (χ0n) is 10.4. The van der Waals surface area contributed by atoms with Crippen LogP contribution < -0.4 is 0 Å². The van der Waals surface area contributed by atoms with Gasteiger partial charge < -0.3 is 9.47 Å². The molecule has 1 saturated heterocycles. The van der Waals surface area contributed by atoms with E-state index in [0.717, 1.165) is 0 Å². The van der Waals surface area contributed by atoms with Gasteiger partial charge in [-0.05, 0) is 6.92 Å². The van der Waals surface area contributed by atoms with Crippen LogP contribution in [0.25, 0.3) is 0 Å². The summed E-state index contributed by atoms with van der Waals surface area (Å²) in [7, 11) is 3.31. The molecule has 2 unspecified atom stereocenters. The lowest BCUT2D eigenvalue weighted by molar-refractivity contribution is -0.862. The van der Waals surface area contributed by atoms with E-state index in [1.165, 1.54) is 6.08 Å². The van der Waals surface area contributed by atoms with Crippen LogP contribution in [0.4, 0.5) is 0 Å². The van der Waals surface area contributed by atoms with Crippen molar-refractivity contribution in [3.63, 3.8) is 0 Å². The maximum atomic E-state index is 11.7. The number of epoxide rings is 1. The Morgan fingerprint density at radius 1 is 1.53 bits per heavy atom. The molecule has 1 heterocycles. The van der Waals surface area contributed by atoms with Crippen LogP contribution in [0.3, 0.4) is 0 Å². The minimum absolute atomic E-state index is 0.132. The van der Waals surface area contributed by atoms with Crippen LogP contribution in [0.5, 0.6) is 0 Å². The van der Waals surface area contributed by atoms with E-state index in [-0.39, 0.29) is 16.5 Å². The molecule has 1 amide bonds. The Labute approximate surface area is 101 Å². The van der Waals surface area contributed by atoms with Gasteiger partial charge in [-0.2, -0.15) is 0 Å². The Morgan fingerprint density at radius 2 is 2.06 bits per heavy atom. The number of nitrogens with zero attached hydrogens (tertiary/aromatic N) is 1. The monoisotopic (exact) mass is 240 g/mol. The lowest BCUT2D eigenvalue weighted by Gasteiger charge is -2.32. The number of hydrogen-bond acceptors (Lipinski definition) is 4. The summed E-state index contributed by atoms with van der Waals surface area (Å²) in [5, 5.41) is 0. The first kappa shape index (κ1) is 13.6. The van der Waals surface area contributed by atoms with Crippen LogP contribution in [-0.2, 0) is 19.1 Å². The molecule has 94 valence electrons. The Morgan fingerprint density at radius 3 is 2.41 bits per heavy atom. The van der Waals surface area contributed by atoms with E-state index in [1.54, 1.807) is 21.0 Å². The first-order chi connectivity index (χ1) is 7.80. The predicted molar refractivity (Wildman–Crippen MR) is 61.7 cm³/mol. The molecular formula is C12H18NO4+. The molecule has 0 saturated carbocycles. The van der Waals surface area contributed by atoms with E-state index in [9.17, 15) is 9.59 Å². The van der Waals surface area contributed by atoms with Gasteiger partial charge in [-0.25, -0.2) is 14.1 Å². The molecule has 1 rings (SSSR count). The highest BCUT2D eigenvalue weighted by molar-refractivity contribution is 5.87. The Bertz CT molecular complexity index is 369. The van der Waals surface area contributed by atoms with Crippen LogP contribution in [0.15, 0.2) is 24.8 Å². The van der Waals surface area contributed by atoms with Gasteiger partial charge in [0.1, 0.15) is 0 Å². The van der Waals surface area contributed by atoms with Crippen LogP contribution in [0.1, 0.15) is 6.92 Å². The maximum Gasteiger partial charge on any atom is 0.340 e. The molecule has 0 N–H and O–H groups in total. The molecule has 5 nitrogen and oxygen atoms in total. The van der Waals surface area contributed by atoms with Crippen molar-refractivity contribution in [2.75, 3.05) is 20.7 Å². The highest BCUT2D eigenvalue weighted by Crippen LogP contribution is 2.25. The summed E-state index contributed by atoms with van der Waals surface area (Å²) in [5.74, 6) is -0.756. The summed E-state index contributed by atoms with van der Waals surface area (Å²) in [4.78, 5) is 23.3. The van der Waals surface area contributed by atoms with Crippen molar-refractivity contribution < 1.29 is 23.5 Å². The SMILES string of the molecule is C=CC(=O)[N+](C)(C)C(OC(=O)C(=C)C)C1CO1. The zero-order chi connectivity index (χ0) is 13.2. The lowest BCUT2D eigenvalue weighted by atomic mass is 10.3. The molecule has 0 bridgehead atoms. The zero-order valence-corrected chi connectivity index (χ0v) is 10.4. The number of likely N-dealkylation sites (N-methyl/N-ethyl adjacent to an activating group) is 1. The normalized spacial score (nSPS) is 20.3. The largest absolute Gasteiger partial charge is 0.405 e. The van der Waals surface area contributed by atoms with Gasteiger partial charge >= 0.3 is 11.9 Å². The second-order valence-electron chi connectivity index (χ2n) is 4.53. The maximum absolute atomic E-state index is 11.7. The standard InChI is InChI=1S/C12H18NO4/c1-6-10(14)13(4,5)11(9-7-16-9)17-12(15)8(2)3/h6,9,11H,1-2,7H2,3-5H3/q+1. The quantitative estimate of drug-likeness (QED) is 0.232. The summed E-state index contributed by atoms with van der Waals surface area (Å²) in [6.07, 6.45) is 0.311. The van der Waals surface area contributed by atoms with Crippen molar-refractivity contribution in [2.24, 2.45) is 0 Å². The summed E-state index contributed by atoms with van der Waals surface area (Å²) < 4.78 is 10.3. The Balaban J connectivity index is 2.85. The third-order valence-corrected chi connectivity index (χ3v) is 2.63. The van der Waals surface area contributed by atoms with E-state index >= 15 is 0 Å². The number of quaternary nitrogens is 1. The number of esters is 1. The smallest absolute Gasteiger partial charge is 0.340 e. The summed E-state index contributed by atoms with van der Waals surface area (Å²) in [5.41, 5.74) is 0.293. The highest BCUT2D eigenvalue weighted by Gasteiger charge is 2.49. The van der Waals surface area contributed by atoms with E-state index in [0.29, 0.717) is 12.2 Å². The Kier molecular flexibility index (Phi) is 3.85. The van der Waals surface area contributed by atoms with Gasteiger partial charge in [0.05, 0.1) is 20.7 Å². The molecule has 1 fully saturated rings. The van der Waals surface area contributed by atoms with E-state index in [4.69, 9.17) is 9.47 Å². The third-order valence-electron chi connectivity index (χ3n) is 2.63. The minimum Gasteiger partial charge on any atom is -0.405 e. The molecular weight excluding hydrogens is 222 g/mol. The molecule has 1 aliphatic rings. The fraction of sp³-hybridized carbons (Fsp3) is 0.500. The van der Waals surface area contributed by atoms with Crippen LogP contribution >= 0.6 is 0 Å². The fourth-order valence-corrected chi connectivity index (χ4v) is 1.41. The number of hydrogen-bond donors (Lipinski definition) is 0. The Hall–Kier alpha value is -1.46. The van der Waals surface area contributed by atoms with Crippen LogP contribution in [0, 0.1) is 0 Å². The van der Waals surface area contributed by atoms with Gasteiger partial charge in [0.15, 0.2) is 6.10 Å². The molecule has 17 heavy (non-hydrogen) atoms. The van der Waals surface area contributed by atoms with Gasteiger partial charge in [-0.3, -0.25) is 0 Å². The average Bonchev–Trinajstić information content (AvgIpc) is 3.07. The topological polar surface area (TPSA) is 55.9 Å². The molecule has 2 atom stereocenters. The predicted octanol–water partition coefficient (Wildman–Crippen LogP) is 0.620. The van der Waals surface area contributed by atoms with Gasteiger partial charge in [-0.15, -0.1) is 0 Å². The number of ether oxygens (including phenoxy) is 2. The number of amides is 1. The van der Waals surface area contributed by atoms with Crippen molar-refractivity contribution in [2.45, 2.75) is 19.3 Å². The van der Waals surface area contributed by atoms with Gasteiger partial charge in [0.25, 0.3) is 6.23 Å². The van der Waals surface area contributed by atoms with Gasteiger partial charge in [0, 0.05) is 11.6 Å². The van der Waals surface area contributed by atoms with Crippen molar-refractivity contribution in [1.29, 1.82) is 0 Å². The van der Waals surface area contributed by atoms with Gasteiger partial charge in [-0.1, -0.05) is 13.2 Å². The fourth-order valence-electron chi connectivity index (χ4n) is 1.41. The van der Waals surface area contributed by atoms with Crippen molar-refractivity contribution in [1.82, 2.24) is 0 Å². The van der Waals surface area contributed by atoms with Crippen LogP contribution in [0.2, 0.25) is 0 Å². The number of carbonyl (C=O) groups excluding carboxylic acids is 2. The minimum atomic E-state index is -0.662. The molecule has 0 aromatic carbocycles. The summed E-state index contributed by atoms with van der Waals surface area (Å²) in [6, 6.07) is 0. The second kappa shape index (κ2) is 4.81. The van der Waals surface area contributed by atoms with E-state index in [2.05, 4.69) is 13.2 Å². The van der Waals surface area contributed by atoms with Crippen molar-refractivity contribution in [3.05, 3.63) is 24.8 Å². The van der Waals surface area contributed by atoms with Gasteiger partial charge in [0.2, 0.25) is 0 Å². The molecule has 5 heteroatoms. The summed E-state index contributed by atoms with van der Waals surface area (Å²) in [6.45, 7) is 8.99. The second-order valence-corrected chi connectivity index (χ2v) is 4.53. The lowest BCUT2D eigenvalue weighted by Crippen LogP contribution is -2.57. The third kappa shape index (κ3) is 3.01. The van der Waals surface area contributed by atoms with Crippen LogP contribution in [-0.4, -0.2) is 49.4 Å². The molecule has 0 aromatic heterocycles. The van der Waals surface area contributed by atoms with Crippen molar-refractivity contribution >= 4 is 11.9 Å². The van der Waals surface area contributed by atoms with E-state index < -0.39 is 12.2 Å². The molecule has 0 radical (unpaired) electrons. The molecule has 0 aliphatic carbocycles. The first-order valence-electron chi connectivity index (χ1n) is 5.29. The first-order valence-corrected chi connectivity index (χ1v) is 5.29. The highest BCUT2D eigenvalue weighted by atomic mass is 16.6. The average molecular weight is 240 g/mol. The van der Waals surface area contributed by atoms with Crippen molar-refractivity contribution in [3.8, 4) is 0 Å². The number of rotatable bonds is 5. The number of carbonyl (C=O) groups is 2. The summed E-state index contributed by atoms with van der Waals surface area (Å²) >= 11 is 0. The molecule has 0 aromatic rings.